The first-order valence-corrected chi connectivity index (χ1v) is 10.6. The maximum absolute atomic E-state index is 12.9. The maximum atomic E-state index is 12.9. The standard InChI is InChI=1S/C23H33N3O3/c1-25(2)20-10-8-18(9-11-20)14-23(28)26-12-13-29-17-21(26)15-22(27)24-16-19-6-4-3-5-7-19/h6,8-11,21H,3-5,7,12-17H2,1-2H3,(H,24,27). The Morgan fingerprint density at radius 2 is 2.00 bits per heavy atom. The fourth-order valence-electron chi connectivity index (χ4n) is 3.90. The molecule has 1 saturated heterocycles. The first-order chi connectivity index (χ1) is 14.0. The number of carbonyl (C=O) groups excluding carboxylic acids is 2. The number of rotatable bonds is 7. The van der Waals surface area contributed by atoms with Gasteiger partial charge in [-0.1, -0.05) is 23.8 Å². The Labute approximate surface area is 173 Å². The summed E-state index contributed by atoms with van der Waals surface area (Å²) < 4.78 is 5.56. The number of carbonyl (C=O) groups is 2. The number of hydrogen-bond donors (Lipinski definition) is 1. The third-order valence-electron chi connectivity index (χ3n) is 5.67. The van der Waals surface area contributed by atoms with Gasteiger partial charge in [-0.2, -0.15) is 0 Å². The molecule has 1 atom stereocenters. The number of hydrogen-bond acceptors (Lipinski definition) is 4. The van der Waals surface area contributed by atoms with Crippen LogP contribution in [0.15, 0.2) is 35.9 Å². The van der Waals surface area contributed by atoms with E-state index in [0.29, 0.717) is 39.1 Å². The predicted octanol–water partition coefficient (Wildman–Crippen LogP) is 2.53. The minimum atomic E-state index is -0.197. The summed E-state index contributed by atoms with van der Waals surface area (Å²) in [5.74, 6) is 0.0406. The number of morpholine rings is 1. The van der Waals surface area contributed by atoms with Crippen molar-refractivity contribution in [3.8, 4) is 0 Å². The van der Waals surface area contributed by atoms with Gasteiger partial charge in [0.15, 0.2) is 0 Å². The molecule has 29 heavy (non-hydrogen) atoms. The van der Waals surface area contributed by atoms with E-state index < -0.39 is 0 Å². The van der Waals surface area contributed by atoms with Gasteiger partial charge in [0.1, 0.15) is 0 Å². The number of ether oxygens (including phenoxy) is 1. The number of anilines is 1. The van der Waals surface area contributed by atoms with Crippen LogP contribution in [0.4, 0.5) is 5.69 Å². The van der Waals surface area contributed by atoms with Crippen molar-refractivity contribution in [2.75, 3.05) is 45.3 Å². The molecule has 1 fully saturated rings. The molecule has 0 bridgehead atoms. The molecule has 0 radical (unpaired) electrons. The lowest BCUT2D eigenvalue weighted by atomic mass is 9.99. The van der Waals surface area contributed by atoms with Crippen LogP contribution in [-0.4, -0.2) is 63.2 Å². The van der Waals surface area contributed by atoms with Gasteiger partial charge in [0.25, 0.3) is 0 Å². The van der Waals surface area contributed by atoms with Gasteiger partial charge in [0, 0.05) is 39.3 Å². The zero-order chi connectivity index (χ0) is 20.6. The number of benzene rings is 1. The average Bonchev–Trinajstić information content (AvgIpc) is 2.74. The van der Waals surface area contributed by atoms with E-state index in [0.717, 1.165) is 24.1 Å². The molecule has 0 aromatic heterocycles. The van der Waals surface area contributed by atoms with E-state index in [4.69, 9.17) is 4.74 Å². The summed E-state index contributed by atoms with van der Waals surface area (Å²) in [4.78, 5) is 29.2. The summed E-state index contributed by atoms with van der Waals surface area (Å²) in [5, 5.41) is 3.02. The summed E-state index contributed by atoms with van der Waals surface area (Å²) >= 11 is 0. The molecule has 1 heterocycles. The van der Waals surface area contributed by atoms with Crippen LogP contribution in [0, 0.1) is 0 Å². The van der Waals surface area contributed by atoms with E-state index in [-0.39, 0.29) is 17.9 Å². The normalized spacial score (nSPS) is 19.4. The highest BCUT2D eigenvalue weighted by atomic mass is 16.5. The molecule has 6 nitrogen and oxygen atoms in total. The Morgan fingerprint density at radius 3 is 2.69 bits per heavy atom. The molecule has 0 spiro atoms. The highest BCUT2D eigenvalue weighted by molar-refractivity contribution is 5.81. The van der Waals surface area contributed by atoms with Crippen molar-refractivity contribution in [3.05, 3.63) is 41.5 Å². The largest absolute Gasteiger partial charge is 0.378 e. The SMILES string of the molecule is CN(C)c1ccc(CC(=O)N2CCOCC2CC(=O)NCC2=CCCCC2)cc1. The highest BCUT2D eigenvalue weighted by Crippen LogP contribution is 2.18. The predicted molar refractivity (Wildman–Crippen MR) is 115 cm³/mol. The van der Waals surface area contributed by atoms with E-state index in [1.54, 1.807) is 0 Å². The smallest absolute Gasteiger partial charge is 0.227 e. The molecular formula is C23H33N3O3. The molecule has 6 heteroatoms. The first kappa shape index (κ1) is 21.4. The van der Waals surface area contributed by atoms with Gasteiger partial charge in [-0.05, 0) is 43.4 Å². The van der Waals surface area contributed by atoms with Crippen molar-refractivity contribution in [2.45, 2.75) is 44.6 Å². The summed E-state index contributed by atoms with van der Waals surface area (Å²) in [6.45, 7) is 2.11. The molecule has 158 valence electrons. The molecule has 3 rings (SSSR count). The van der Waals surface area contributed by atoms with E-state index in [2.05, 4.69) is 11.4 Å². The molecule has 2 amide bonds. The zero-order valence-corrected chi connectivity index (χ0v) is 17.7. The summed E-state index contributed by atoms with van der Waals surface area (Å²) in [6.07, 6.45) is 7.51. The van der Waals surface area contributed by atoms with Crippen LogP contribution in [-0.2, 0) is 20.7 Å². The van der Waals surface area contributed by atoms with Gasteiger partial charge in [0.05, 0.1) is 25.7 Å². The quantitative estimate of drug-likeness (QED) is 0.716. The van der Waals surface area contributed by atoms with Crippen molar-refractivity contribution < 1.29 is 14.3 Å². The lowest BCUT2D eigenvalue weighted by Crippen LogP contribution is -2.51. The van der Waals surface area contributed by atoms with E-state index in [1.165, 1.54) is 18.4 Å². The van der Waals surface area contributed by atoms with Gasteiger partial charge in [-0.3, -0.25) is 9.59 Å². The van der Waals surface area contributed by atoms with Crippen LogP contribution in [0.25, 0.3) is 0 Å². The van der Waals surface area contributed by atoms with Gasteiger partial charge in [-0.25, -0.2) is 0 Å². The Morgan fingerprint density at radius 1 is 1.21 bits per heavy atom. The zero-order valence-electron chi connectivity index (χ0n) is 17.7. The molecule has 1 aliphatic carbocycles. The van der Waals surface area contributed by atoms with E-state index in [1.807, 2.05) is 48.2 Å². The third-order valence-corrected chi connectivity index (χ3v) is 5.67. The molecule has 2 aliphatic rings. The van der Waals surface area contributed by atoms with Crippen molar-refractivity contribution in [3.63, 3.8) is 0 Å². The van der Waals surface area contributed by atoms with Crippen LogP contribution in [0.3, 0.4) is 0 Å². The second-order valence-corrected chi connectivity index (χ2v) is 8.14. The van der Waals surface area contributed by atoms with Crippen molar-refractivity contribution in [1.82, 2.24) is 10.2 Å². The second-order valence-electron chi connectivity index (χ2n) is 8.14. The van der Waals surface area contributed by atoms with Crippen LogP contribution in [0.2, 0.25) is 0 Å². The topological polar surface area (TPSA) is 61.9 Å². The molecule has 1 unspecified atom stereocenters. The number of allylic oxidation sites excluding steroid dienone is 1. The lowest BCUT2D eigenvalue weighted by molar-refractivity contribution is -0.141. The third kappa shape index (κ3) is 6.32. The average molecular weight is 400 g/mol. The van der Waals surface area contributed by atoms with E-state index in [9.17, 15) is 9.59 Å². The van der Waals surface area contributed by atoms with Crippen molar-refractivity contribution >= 4 is 17.5 Å². The molecule has 1 aromatic rings. The molecule has 0 saturated carbocycles. The number of amides is 2. The summed E-state index contributed by atoms with van der Waals surface area (Å²) in [6, 6.07) is 7.83. The van der Waals surface area contributed by atoms with Gasteiger partial charge >= 0.3 is 0 Å². The Hall–Kier alpha value is -2.34. The first-order valence-electron chi connectivity index (χ1n) is 10.6. The maximum Gasteiger partial charge on any atom is 0.227 e. The lowest BCUT2D eigenvalue weighted by Gasteiger charge is -2.35. The fourth-order valence-corrected chi connectivity index (χ4v) is 3.90. The van der Waals surface area contributed by atoms with Crippen LogP contribution >= 0.6 is 0 Å². The van der Waals surface area contributed by atoms with Gasteiger partial charge < -0.3 is 19.9 Å². The number of nitrogens with one attached hydrogen (secondary N) is 1. The van der Waals surface area contributed by atoms with Gasteiger partial charge in [-0.15, -0.1) is 0 Å². The molecule has 1 N–H and O–H groups in total. The summed E-state index contributed by atoms with van der Waals surface area (Å²) in [5.41, 5.74) is 3.41. The Kier molecular flexibility index (Phi) is 7.69. The molecule has 1 aromatic carbocycles. The minimum Gasteiger partial charge on any atom is -0.378 e. The van der Waals surface area contributed by atoms with Gasteiger partial charge in [0.2, 0.25) is 11.8 Å². The summed E-state index contributed by atoms with van der Waals surface area (Å²) in [7, 11) is 3.99. The highest BCUT2D eigenvalue weighted by Gasteiger charge is 2.29. The molecular weight excluding hydrogens is 366 g/mol. The monoisotopic (exact) mass is 399 g/mol. The second kappa shape index (κ2) is 10.4. The number of nitrogens with zero attached hydrogens (tertiary/aromatic N) is 2. The van der Waals surface area contributed by atoms with Crippen LogP contribution in [0.5, 0.6) is 0 Å². The minimum absolute atomic E-state index is 0.0138. The fraction of sp³-hybridized carbons (Fsp3) is 0.565. The van der Waals surface area contributed by atoms with E-state index >= 15 is 0 Å². The van der Waals surface area contributed by atoms with Crippen LogP contribution in [0.1, 0.15) is 37.7 Å². The Balaban J connectivity index is 1.53. The van der Waals surface area contributed by atoms with Crippen molar-refractivity contribution in [1.29, 1.82) is 0 Å². The van der Waals surface area contributed by atoms with Crippen molar-refractivity contribution in [2.24, 2.45) is 0 Å². The Bertz CT molecular complexity index is 727. The molecule has 1 aliphatic heterocycles. The van der Waals surface area contributed by atoms with Crippen LogP contribution < -0.4 is 10.2 Å².